The van der Waals surface area contributed by atoms with Gasteiger partial charge in [0, 0.05) is 16.1 Å². The maximum Gasteiger partial charge on any atom is 0.339 e. The van der Waals surface area contributed by atoms with E-state index >= 15 is 0 Å². The van der Waals surface area contributed by atoms with Crippen LogP contribution in [0.5, 0.6) is 0 Å². The Kier molecular flexibility index (Phi) is 5.10. The van der Waals surface area contributed by atoms with E-state index in [0.29, 0.717) is 21.3 Å². The predicted octanol–water partition coefficient (Wildman–Crippen LogP) is 4.95. The van der Waals surface area contributed by atoms with Crippen LogP contribution < -0.4 is 5.32 Å². The molecule has 5 heteroatoms. The summed E-state index contributed by atoms with van der Waals surface area (Å²) in [6.07, 6.45) is 0. The van der Waals surface area contributed by atoms with Crippen LogP contribution in [0.2, 0.25) is 10.0 Å². The molecule has 0 fully saturated rings. The molecule has 1 N–H and O–H groups in total. The molecule has 0 radical (unpaired) electrons. The molecule has 0 aromatic heterocycles. The zero-order valence-electron chi connectivity index (χ0n) is 11.7. The lowest BCUT2D eigenvalue weighted by molar-refractivity contribution is 0.0602. The Balaban J connectivity index is 2.27. The Morgan fingerprint density at radius 1 is 1.10 bits per heavy atom. The van der Waals surface area contributed by atoms with Crippen molar-refractivity contribution in [3.63, 3.8) is 0 Å². The summed E-state index contributed by atoms with van der Waals surface area (Å²) >= 11 is 11.9. The van der Waals surface area contributed by atoms with Crippen LogP contribution in [0.1, 0.15) is 28.9 Å². The van der Waals surface area contributed by atoms with Crippen LogP contribution in [0, 0.1) is 0 Å². The second-order valence-electron chi connectivity index (χ2n) is 4.60. The van der Waals surface area contributed by atoms with Gasteiger partial charge in [-0.1, -0.05) is 35.3 Å². The summed E-state index contributed by atoms with van der Waals surface area (Å²) in [4.78, 5) is 11.8. The molecular weight excluding hydrogens is 309 g/mol. The second-order valence-corrected chi connectivity index (χ2v) is 5.47. The lowest BCUT2D eigenvalue weighted by Crippen LogP contribution is -2.11. The molecule has 2 rings (SSSR count). The van der Waals surface area contributed by atoms with Crippen LogP contribution in [0.3, 0.4) is 0 Å². The number of rotatable bonds is 4. The number of methoxy groups -OCH3 is 1. The topological polar surface area (TPSA) is 38.3 Å². The summed E-state index contributed by atoms with van der Waals surface area (Å²) in [6, 6.07) is 12.5. The molecule has 0 aliphatic heterocycles. The third-order valence-electron chi connectivity index (χ3n) is 3.13. The highest BCUT2D eigenvalue weighted by atomic mass is 35.5. The molecule has 0 aliphatic rings. The molecule has 0 saturated carbocycles. The number of carbonyl (C=O) groups is 1. The molecule has 0 saturated heterocycles. The van der Waals surface area contributed by atoms with Crippen LogP contribution in [-0.2, 0) is 4.74 Å². The lowest BCUT2D eigenvalue weighted by Gasteiger charge is -2.18. The Bertz CT molecular complexity index is 641. The van der Waals surface area contributed by atoms with Crippen LogP contribution in [0.25, 0.3) is 0 Å². The van der Waals surface area contributed by atoms with Crippen molar-refractivity contribution in [3.8, 4) is 0 Å². The van der Waals surface area contributed by atoms with E-state index in [1.54, 1.807) is 18.2 Å². The second kappa shape index (κ2) is 6.83. The average Bonchev–Trinajstić information content (AvgIpc) is 2.47. The van der Waals surface area contributed by atoms with E-state index < -0.39 is 5.97 Å². The Morgan fingerprint density at radius 2 is 1.71 bits per heavy atom. The largest absolute Gasteiger partial charge is 0.465 e. The van der Waals surface area contributed by atoms with Crippen molar-refractivity contribution >= 4 is 34.9 Å². The lowest BCUT2D eigenvalue weighted by atomic mass is 10.1. The van der Waals surface area contributed by atoms with Gasteiger partial charge >= 0.3 is 5.97 Å². The molecule has 0 aliphatic carbocycles. The van der Waals surface area contributed by atoms with Gasteiger partial charge in [-0.05, 0) is 42.8 Å². The molecule has 0 bridgehead atoms. The van der Waals surface area contributed by atoms with Crippen LogP contribution in [0.15, 0.2) is 42.5 Å². The summed E-state index contributed by atoms with van der Waals surface area (Å²) in [6.45, 7) is 1.99. The molecule has 0 heterocycles. The number of anilines is 1. The first-order valence-electron chi connectivity index (χ1n) is 6.41. The fourth-order valence-electron chi connectivity index (χ4n) is 1.99. The molecule has 1 atom stereocenters. The highest BCUT2D eigenvalue weighted by Gasteiger charge is 2.14. The maximum atomic E-state index is 11.8. The average molecular weight is 324 g/mol. The minimum atomic E-state index is -0.405. The van der Waals surface area contributed by atoms with Crippen LogP contribution >= 0.6 is 23.2 Å². The van der Waals surface area contributed by atoms with Crippen molar-refractivity contribution in [2.45, 2.75) is 13.0 Å². The first-order valence-corrected chi connectivity index (χ1v) is 7.16. The van der Waals surface area contributed by atoms with Gasteiger partial charge in [0.2, 0.25) is 0 Å². The molecule has 2 aromatic rings. The molecule has 3 nitrogen and oxygen atoms in total. The van der Waals surface area contributed by atoms with Crippen molar-refractivity contribution < 1.29 is 9.53 Å². The smallest absolute Gasteiger partial charge is 0.339 e. The molecule has 1 unspecified atom stereocenters. The zero-order valence-corrected chi connectivity index (χ0v) is 13.2. The van der Waals surface area contributed by atoms with Crippen molar-refractivity contribution in [2.24, 2.45) is 0 Å². The molecule has 2 aromatic carbocycles. The summed E-state index contributed by atoms with van der Waals surface area (Å²) in [5.41, 5.74) is 2.13. The van der Waals surface area contributed by atoms with Crippen LogP contribution in [-0.4, -0.2) is 13.1 Å². The summed E-state index contributed by atoms with van der Waals surface area (Å²) in [5, 5.41) is 4.51. The van der Waals surface area contributed by atoms with E-state index in [-0.39, 0.29) is 6.04 Å². The number of ether oxygens (including phenoxy) is 1. The number of benzene rings is 2. The third kappa shape index (κ3) is 3.90. The van der Waals surface area contributed by atoms with Gasteiger partial charge in [0.15, 0.2) is 0 Å². The Labute approximate surface area is 133 Å². The SMILES string of the molecule is COC(=O)c1ccc(Cl)cc1NC(C)c1ccc(Cl)cc1. The first-order chi connectivity index (χ1) is 10.0. The molecule has 0 amide bonds. The van der Waals surface area contributed by atoms with Gasteiger partial charge in [-0.15, -0.1) is 0 Å². The number of nitrogens with one attached hydrogen (secondary N) is 1. The number of esters is 1. The number of carbonyl (C=O) groups excluding carboxylic acids is 1. The monoisotopic (exact) mass is 323 g/mol. The van der Waals surface area contributed by atoms with Gasteiger partial charge in [0.1, 0.15) is 0 Å². The van der Waals surface area contributed by atoms with Crippen LogP contribution in [0.4, 0.5) is 5.69 Å². The first kappa shape index (κ1) is 15.7. The van der Waals surface area contributed by atoms with E-state index in [0.717, 1.165) is 5.56 Å². The highest BCUT2D eigenvalue weighted by Crippen LogP contribution is 2.26. The number of hydrogen-bond donors (Lipinski definition) is 1. The predicted molar refractivity (Wildman–Crippen MR) is 86.3 cm³/mol. The fourth-order valence-corrected chi connectivity index (χ4v) is 2.29. The van der Waals surface area contributed by atoms with E-state index in [2.05, 4.69) is 5.32 Å². The van der Waals surface area contributed by atoms with Gasteiger partial charge in [0.05, 0.1) is 18.4 Å². The number of halogens is 2. The van der Waals surface area contributed by atoms with E-state index in [4.69, 9.17) is 27.9 Å². The van der Waals surface area contributed by atoms with E-state index in [1.165, 1.54) is 7.11 Å². The van der Waals surface area contributed by atoms with E-state index in [9.17, 15) is 4.79 Å². The van der Waals surface area contributed by atoms with Gasteiger partial charge < -0.3 is 10.1 Å². The standard InChI is InChI=1S/C16H15Cl2NO2/c1-10(11-3-5-12(17)6-4-11)19-15-9-13(18)7-8-14(15)16(20)21-2/h3-10,19H,1-2H3. The van der Waals surface area contributed by atoms with Gasteiger partial charge in [-0.25, -0.2) is 4.79 Å². The van der Waals surface area contributed by atoms with Crippen molar-refractivity contribution in [1.29, 1.82) is 0 Å². The normalized spacial score (nSPS) is 11.8. The Morgan fingerprint density at radius 3 is 2.33 bits per heavy atom. The van der Waals surface area contributed by atoms with E-state index in [1.807, 2.05) is 31.2 Å². The zero-order chi connectivity index (χ0) is 15.4. The molecule has 21 heavy (non-hydrogen) atoms. The minimum Gasteiger partial charge on any atom is -0.465 e. The van der Waals surface area contributed by atoms with Gasteiger partial charge in [-0.2, -0.15) is 0 Å². The van der Waals surface area contributed by atoms with Gasteiger partial charge in [-0.3, -0.25) is 0 Å². The Hall–Kier alpha value is -1.71. The molecule has 0 spiro atoms. The third-order valence-corrected chi connectivity index (χ3v) is 3.62. The molecular formula is C16H15Cl2NO2. The fraction of sp³-hybridized carbons (Fsp3) is 0.188. The van der Waals surface area contributed by atoms with Crippen molar-refractivity contribution in [3.05, 3.63) is 63.6 Å². The van der Waals surface area contributed by atoms with Gasteiger partial charge in [0.25, 0.3) is 0 Å². The highest BCUT2D eigenvalue weighted by molar-refractivity contribution is 6.31. The minimum absolute atomic E-state index is 0.0101. The summed E-state index contributed by atoms with van der Waals surface area (Å²) < 4.78 is 4.78. The number of hydrogen-bond acceptors (Lipinski definition) is 3. The van der Waals surface area contributed by atoms with Crippen molar-refractivity contribution in [2.75, 3.05) is 12.4 Å². The summed E-state index contributed by atoms with van der Waals surface area (Å²) in [5.74, 6) is -0.405. The van der Waals surface area contributed by atoms with Crippen molar-refractivity contribution in [1.82, 2.24) is 0 Å². The molecule has 110 valence electrons. The maximum absolute atomic E-state index is 11.8. The summed E-state index contributed by atoms with van der Waals surface area (Å²) in [7, 11) is 1.35. The quantitative estimate of drug-likeness (QED) is 0.809.